The summed E-state index contributed by atoms with van der Waals surface area (Å²) in [4.78, 5) is 0. The number of methoxy groups -OCH3 is 1. The Bertz CT molecular complexity index is 126. The summed E-state index contributed by atoms with van der Waals surface area (Å²) in [6, 6.07) is 0. The highest BCUT2D eigenvalue weighted by molar-refractivity contribution is 4.51. The number of rotatable bonds is 10. The Balaban J connectivity index is 3.17. The maximum atomic E-state index is 9.19. The van der Waals surface area contributed by atoms with Gasteiger partial charge in [-0.1, -0.05) is 13.8 Å². The van der Waals surface area contributed by atoms with Gasteiger partial charge in [0.25, 0.3) is 0 Å². The second-order valence-corrected chi connectivity index (χ2v) is 3.48. The molecule has 0 aromatic heterocycles. The minimum absolute atomic E-state index is 0.172. The van der Waals surface area contributed by atoms with Gasteiger partial charge in [-0.3, -0.25) is 0 Å². The molecule has 0 bridgehead atoms. The first kappa shape index (κ1) is 14.8. The molecule has 0 aromatic carbocycles. The van der Waals surface area contributed by atoms with Crippen LogP contribution in [0.2, 0.25) is 0 Å². The largest absolute Gasteiger partial charge is 0.391 e. The average Bonchev–Trinajstić information content (AvgIpc) is 2.28. The van der Waals surface area contributed by atoms with Crippen molar-refractivity contribution < 1.29 is 19.3 Å². The minimum Gasteiger partial charge on any atom is -0.391 e. The van der Waals surface area contributed by atoms with Gasteiger partial charge in [0.05, 0.1) is 38.6 Å². The summed E-state index contributed by atoms with van der Waals surface area (Å²) in [5.41, 5.74) is 0. The molecule has 1 N–H and O–H groups in total. The molecule has 2 unspecified atom stereocenters. The minimum atomic E-state index is -0.354. The van der Waals surface area contributed by atoms with Gasteiger partial charge in [0.15, 0.2) is 0 Å². The maximum Gasteiger partial charge on any atom is 0.0802 e. The standard InChI is InChI=1S/C11H24O4/c1-4-10(12)8-14-6-7-15-9-11(5-2)13-3/h10-12H,4-9H2,1-3H3. The van der Waals surface area contributed by atoms with Gasteiger partial charge in [-0.05, 0) is 12.8 Å². The SMILES string of the molecule is CCC(O)COCCOCC(CC)OC. The van der Waals surface area contributed by atoms with Gasteiger partial charge in [0, 0.05) is 7.11 Å². The summed E-state index contributed by atoms with van der Waals surface area (Å²) in [6.07, 6.45) is 1.49. The predicted molar refractivity (Wildman–Crippen MR) is 59.0 cm³/mol. The van der Waals surface area contributed by atoms with Crippen LogP contribution in [0.15, 0.2) is 0 Å². The van der Waals surface area contributed by atoms with Crippen molar-refractivity contribution >= 4 is 0 Å². The zero-order valence-electron chi connectivity index (χ0n) is 10.1. The van der Waals surface area contributed by atoms with E-state index in [4.69, 9.17) is 14.2 Å². The Hall–Kier alpha value is -0.160. The summed E-state index contributed by atoms with van der Waals surface area (Å²) in [5.74, 6) is 0. The third-order valence-corrected chi connectivity index (χ3v) is 2.25. The number of aliphatic hydroxyl groups excluding tert-OH is 1. The third-order valence-electron chi connectivity index (χ3n) is 2.25. The molecule has 0 spiro atoms. The van der Waals surface area contributed by atoms with Crippen LogP contribution in [0.25, 0.3) is 0 Å². The Kier molecular flexibility index (Phi) is 10.3. The first-order valence-corrected chi connectivity index (χ1v) is 5.60. The third kappa shape index (κ3) is 8.81. The molecule has 0 radical (unpaired) electrons. The normalized spacial score (nSPS) is 15.2. The van der Waals surface area contributed by atoms with E-state index in [0.29, 0.717) is 26.4 Å². The first-order valence-electron chi connectivity index (χ1n) is 5.60. The lowest BCUT2D eigenvalue weighted by Gasteiger charge is -2.13. The van der Waals surface area contributed by atoms with Crippen LogP contribution in [-0.4, -0.2) is 50.9 Å². The smallest absolute Gasteiger partial charge is 0.0802 e. The van der Waals surface area contributed by atoms with E-state index < -0.39 is 0 Å². The zero-order chi connectivity index (χ0) is 11.5. The van der Waals surface area contributed by atoms with Crippen LogP contribution >= 0.6 is 0 Å². The van der Waals surface area contributed by atoms with Gasteiger partial charge in [-0.15, -0.1) is 0 Å². The van der Waals surface area contributed by atoms with E-state index in [1.807, 2.05) is 6.92 Å². The van der Waals surface area contributed by atoms with Crippen LogP contribution in [0.1, 0.15) is 26.7 Å². The zero-order valence-corrected chi connectivity index (χ0v) is 10.1. The van der Waals surface area contributed by atoms with E-state index in [-0.39, 0.29) is 12.2 Å². The Morgan fingerprint density at radius 3 is 2.07 bits per heavy atom. The molecule has 4 nitrogen and oxygen atoms in total. The van der Waals surface area contributed by atoms with Crippen molar-refractivity contribution in [3.63, 3.8) is 0 Å². The number of hydrogen-bond donors (Lipinski definition) is 1. The van der Waals surface area contributed by atoms with Crippen LogP contribution in [0, 0.1) is 0 Å². The molecule has 15 heavy (non-hydrogen) atoms. The summed E-state index contributed by atoms with van der Waals surface area (Å²) in [6.45, 7) is 6.06. The topological polar surface area (TPSA) is 47.9 Å². The summed E-state index contributed by atoms with van der Waals surface area (Å²) < 4.78 is 15.7. The van der Waals surface area contributed by atoms with Crippen LogP contribution in [0.4, 0.5) is 0 Å². The molecule has 0 rings (SSSR count). The monoisotopic (exact) mass is 220 g/mol. The molecular weight excluding hydrogens is 196 g/mol. The van der Waals surface area contributed by atoms with E-state index in [0.717, 1.165) is 12.8 Å². The van der Waals surface area contributed by atoms with Crippen molar-refractivity contribution in [1.29, 1.82) is 0 Å². The molecule has 0 aliphatic rings. The first-order chi connectivity index (χ1) is 7.24. The quantitative estimate of drug-likeness (QED) is 0.562. The number of ether oxygens (including phenoxy) is 3. The summed E-state index contributed by atoms with van der Waals surface area (Å²) in [7, 11) is 1.69. The lowest BCUT2D eigenvalue weighted by Crippen LogP contribution is -2.20. The summed E-state index contributed by atoms with van der Waals surface area (Å²) in [5, 5.41) is 9.19. The molecule has 0 aliphatic heterocycles. The van der Waals surface area contributed by atoms with Crippen molar-refractivity contribution in [2.24, 2.45) is 0 Å². The van der Waals surface area contributed by atoms with Crippen molar-refractivity contribution in [3.05, 3.63) is 0 Å². The van der Waals surface area contributed by atoms with Gasteiger partial charge < -0.3 is 19.3 Å². The molecule has 0 fully saturated rings. The molecule has 0 saturated carbocycles. The Morgan fingerprint density at radius 1 is 1.00 bits per heavy atom. The molecule has 92 valence electrons. The predicted octanol–water partition coefficient (Wildman–Crippen LogP) is 1.22. The second-order valence-electron chi connectivity index (χ2n) is 3.48. The molecule has 0 aliphatic carbocycles. The van der Waals surface area contributed by atoms with Gasteiger partial charge in [-0.2, -0.15) is 0 Å². The highest BCUT2D eigenvalue weighted by Gasteiger charge is 2.04. The lowest BCUT2D eigenvalue weighted by molar-refractivity contribution is -0.0280. The van der Waals surface area contributed by atoms with E-state index in [1.54, 1.807) is 7.11 Å². The Labute approximate surface area is 92.5 Å². The maximum absolute atomic E-state index is 9.19. The van der Waals surface area contributed by atoms with Gasteiger partial charge >= 0.3 is 0 Å². The van der Waals surface area contributed by atoms with Gasteiger partial charge in [0.1, 0.15) is 0 Å². The van der Waals surface area contributed by atoms with Crippen molar-refractivity contribution in [1.82, 2.24) is 0 Å². The second kappa shape index (κ2) is 10.4. The van der Waals surface area contributed by atoms with E-state index in [9.17, 15) is 5.11 Å². The molecular formula is C11H24O4. The average molecular weight is 220 g/mol. The number of hydrogen-bond acceptors (Lipinski definition) is 4. The Morgan fingerprint density at radius 2 is 1.60 bits per heavy atom. The van der Waals surface area contributed by atoms with Gasteiger partial charge in [-0.25, -0.2) is 0 Å². The van der Waals surface area contributed by atoms with Gasteiger partial charge in [0.2, 0.25) is 0 Å². The fourth-order valence-electron chi connectivity index (χ4n) is 1.02. The van der Waals surface area contributed by atoms with E-state index in [2.05, 4.69) is 6.92 Å². The summed E-state index contributed by atoms with van der Waals surface area (Å²) >= 11 is 0. The molecule has 0 saturated heterocycles. The fourth-order valence-corrected chi connectivity index (χ4v) is 1.02. The van der Waals surface area contributed by atoms with Crippen LogP contribution in [0.5, 0.6) is 0 Å². The van der Waals surface area contributed by atoms with Crippen molar-refractivity contribution in [2.75, 3.05) is 33.5 Å². The van der Waals surface area contributed by atoms with Crippen LogP contribution < -0.4 is 0 Å². The number of aliphatic hydroxyl groups is 1. The van der Waals surface area contributed by atoms with Crippen LogP contribution in [0.3, 0.4) is 0 Å². The van der Waals surface area contributed by atoms with Crippen molar-refractivity contribution in [2.45, 2.75) is 38.9 Å². The van der Waals surface area contributed by atoms with Crippen molar-refractivity contribution in [3.8, 4) is 0 Å². The van der Waals surface area contributed by atoms with E-state index in [1.165, 1.54) is 0 Å². The molecule has 0 aromatic rings. The molecule has 0 amide bonds. The highest BCUT2D eigenvalue weighted by atomic mass is 16.5. The molecule has 0 heterocycles. The molecule has 2 atom stereocenters. The van der Waals surface area contributed by atoms with Crippen LogP contribution in [-0.2, 0) is 14.2 Å². The molecule has 4 heteroatoms. The highest BCUT2D eigenvalue weighted by Crippen LogP contribution is 1.96. The van der Waals surface area contributed by atoms with E-state index >= 15 is 0 Å². The fraction of sp³-hybridized carbons (Fsp3) is 1.00. The lowest BCUT2D eigenvalue weighted by atomic mass is 10.3.